The molecule has 4 heterocycles. The van der Waals surface area contributed by atoms with Gasteiger partial charge in [-0.1, -0.05) is 0 Å². The van der Waals surface area contributed by atoms with Crippen molar-refractivity contribution in [1.82, 2.24) is 14.9 Å². The highest BCUT2D eigenvalue weighted by molar-refractivity contribution is 5.96. The van der Waals surface area contributed by atoms with E-state index in [-0.39, 0.29) is 12.0 Å². The van der Waals surface area contributed by atoms with Gasteiger partial charge < -0.3 is 19.3 Å². The number of aromatic nitrogens is 2. The predicted molar refractivity (Wildman–Crippen MR) is 106 cm³/mol. The van der Waals surface area contributed by atoms with Gasteiger partial charge in [0.2, 0.25) is 5.88 Å². The minimum atomic E-state index is 0.0728. The lowest BCUT2D eigenvalue weighted by Crippen LogP contribution is -2.40. The Morgan fingerprint density at radius 2 is 1.96 bits per heavy atom. The summed E-state index contributed by atoms with van der Waals surface area (Å²) in [6.45, 7) is 4.53. The van der Waals surface area contributed by atoms with Crippen LogP contribution in [0.3, 0.4) is 0 Å². The molecule has 7 nitrogen and oxygen atoms in total. The van der Waals surface area contributed by atoms with E-state index in [2.05, 4.69) is 9.88 Å². The molecule has 4 rings (SSSR count). The van der Waals surface area contributed by atoms with Crippen LogP contribution in [-0.4, -0.2) is 60.7 Å². The van der Waals surface area contributed by atoms with Crippen molar-refractivity contribution in [3.63, 3.8) is 0 Å². The van der Waals surface area contributed by atoms with E-state index in [1.807, 2.05) is 32.2 Å². The van der Waals surface area contributed by atoms with Gasteiger partial charge >= 0.3 is 0 Å². The van der Waals surface area contributed by atoms with Crippen LogP contribution in [0.25, 0.3) is 0 Å². The van der Waals surface area contributed by atoms with E-state index >= 15 is 0 Å². The number of methoxy groups -OCH3 is 1. The number of hydrogen-bond acceptors (Lipinski definition) is 6. The summed E-state index contributed by atoms with van der Waals surface area (Å²) in [4.78, 5) is 25.5. The van der Waals surface area contributed by atoms with E-state index in [0.29, 0.717) is 5.88 Å². The zero-order valence-electron chi connectivity index (χ0n) is 16.6. The van der Waals surface area contributed by atoms with Gasteiger partial charge in [0, 0.05) is 52.0 Å². The number of carbonyl (C=O) groups excluding carboxylic acids is 1. The fraction of sp³-hybridized carbons (Fsp3) is 0.476. The van der Waals surface area contributed by atoms with Crippen molar-refractivity contribution in [3.05, 3.63) is 41.2 Å². The highest BCUT2D eigenvalue weighted by atomic mass is 16.5. The molecular weight excluding hydrogens is 356 g/mol. The number of pyridine rings is 2. The van der Waals surface area contributed by atoms with Gasteiger partial charge in [-0.15, -0.1) is 0 Å². The first-order chi connectivity index (χ1) is 13.5. The number of hydrogen-bond donors (Lipinski definition) is 0. The molecule has 0 bridgehead atoms. The van der Waals surface area contributed by atoms with Crippen molar-refractivity contribution in [2.45, 2.75) is 32.3 Å². The third-order valence-electron chi connectivity index (χ3n) is 5.49. The Bertz CT molecular complexity index is 861. The molecule has 1 amide bonds. The number of anilines is 1. The summed E-state index contributed by atoms with van der Waals surface area (Å²) >= 11 is 0. The second-order valence-corrected chi connectivity index (χ2v) is 7.44. The second-order valence-electron chi connectivity index (χ2n) is 7.44. The molecular formula is C21H26N4O3. The summed E-state index contributed by atoms with van der Waals surface area (Å²) in [6, 6.07) is 5.70. The molecule has 0 aliphatic carbocycles. The number of piperidine rings is 1. The van der Waals surface area contributed by atoms with Gasteiger partial charge in [-0.25, -0.2) is 9.97 Å². The lowest BCUT2D eigenvalue weighted by molar-refractivity contribution is 0.0779. The third kappa shape index (κ3) is 3.61. The van der Waals surface area contributed by atoms with Crippen molar-refractivity contribution in [1.29, 1.82) is 0 Å². The lowest BCUT2D eigenvalue weighted by atomic mass is 10.0. The Kier molecular flexibility index (Phi) is 5.07. The fourth-order valence-electron chi connectivity index (χ4n) is 3.85. The average molecular weight is 382 g/mol. The molecule has 0 spiro atoms. The fourth-order valence-corrected chi connectivity index (χ4v) is 3.85. The van der Waals surface area contributed by atoms with E-state index < -0.39 is 0 Å². The second kappa shape index (κ2) is 7.66. The first-order valence-electron chi connectivity index (χ1n) is 9.73. The van der Waals surface area contributed by atoms with Crippen LogP contribution in [0.1, 0.15) is 34.5 Å². The summed E-state index contributed by atoms with van der Waals surface area (Å²) in [6.07, 6.45) is 4.53. The van der Waals surface area contributed by atoms with Gasteiger partial charge in [0.25, 0.3) is 5.91 Å². The van der Waals surface area contributed by atoms with Gasteiger partial charge in [0.05, 0.1) is 24.6 Å². The number of likely N-dealkylation sites (N-methyl/N-ethyl adjacent to an activating group) is 1. The SMILES string of the molecule is COc1ccc(OC2CCN(c3nc4c(cc3C)C(=O)N(C)CC4)CC2)cn1. The van der Waals surface area contributed by atoms with Crippen molar-refractivity contribution in [2.75, 3.05) is 38.7 Å². The van der Waals surface area contributed by atoms with E-state index in [1.165, 1.54) is 0 Å². The Labute approximate surface area is 165 Å². The lowest BCUT2D eigenvalue weighted by Gasteiger charge is -2.34. The van der Waals surface area contributed by atoms with Gasteiger partial charge in [-0.05, 0) is 24.6 Å². The molecule has 0 unspecified atom stereocenters. The van der Waals surface area contributed by atoms with Crippen LogP contribution in [0.5, 0.6) is 11.6 Å². The number of fused-ring (bicyclic) bond motifs is 1. The number of nitrogens with zero attached hydrogens (tertiary/aromatic N) is 4. The minimum Gasteiger partial charge on any atom is -0.489 e. The zero-order chi connectivity index (χ0) is 19.7. The summed E-state index contributed by atoms with van der Waals surface area (Å²) in [7, 11) is 3.45. The average Bonchev–Trinajstić information content (AvgIpc) is 2.72. The van der Waals surface area contributed by atoms with Gasteiger partial charge in [-0.3, -0.25) is 4.79 Å². The topological polar surface area (TPSA) is 67.8 Å². The smallest absolute Gasteiger partial charge is 0.255 e. The molecule has 0 N–H and O–H groups in total. The van der Waals surface area contributed by atoms with E-state index in [9.17, 15) is 4.79 Å². The number of ether oxygens (including phenoxy) is 2. The maximum absolute atomic E-state index is 12.4. The van der Waals surface area contributed by atoms with Crippen LogP contribution < -0.4 is 14.4 Å². The number of carbonyl (C=O) groups is 1. The standard InChI is InChI=1S/C21H26N4O3/c1-14-12-17-18(8-9-24(2)21(17)26)23-20(14)25-10-6-15(7-11-25)28-16-4-5-19(27-3)22-13-16/h4-5,12-13,15H,6-11H2,1-3H3. The van der Waals surface area contributed by atoms with Crippen LogP contribution in [-0.2, 0) is 6.42 Å². The molecule has 2 aromatic rings. The monoisotopic (exact) mass is 382 g/mol. The molecule has 2 aliphatic heterocycles. The summed E-state index contributed by atoms with van der Waals surface area (Å²) < 4.78 is 11.2. The molecule has 1 fully saturated rings. The number of aryl methyl sites for hydroxylation is 1. The van der Waals surface area contributed by atoms with Crippen LogP contribution in [0.2, 0.25) is 0 Å². The molecule has 0 aromatic carbocycles. The quantitative estimate of drug-likeness (QED) is 0.809. The molecule has 2 aromatic heterocycles. The molecule has 7 heteroatoms. The Morgan fingerprint density at radius 3 is 2.64 bits per heavy atom. The number of rotatable bonds is 4. The van der Waals surface area contributed by atoms with Crippen molar-refractivity contribution >= 4 is 11.7 Å². The highest BCUT2D eigenvalue weighted by Gasteiger charge is 2.27. The van der Waals surface area contributed by atoms with E-state index in [0.717, 1.165) is 67.3 Å². The van der Waals surface area contributed by atoms with Gasteiger partial charge in [-0.2, -0.15) is 0 Å². The van der Waals surface area contributed by atoms with Crippen molar-refractivity contribution in [2.24, 2.45) is 0 Å². The molecule has 0 atom stereocenters. The molecule has 28 heavy (non-hydrogen) atoms. The first-order valence-corrected chi connectivity index (χ1v) is 9.73. The van der Waals surface area contributed by atoms with Crippen molar-refractivity contribution in [3.8, 4) is 11.6 Å². The third-order valence-corrected chi connectivity index (χ3v) is 5.49. The molecule has 0 radical (unpaired) electrons. The Balaban J connectivity index is 1.41. The highest BCUT2D eigenvalue weighted by Crippen LogP contribution is 2.28. The molecule has 1 saturated heterocycles. The van der Waals surface area contributed by atoms with Gasteiger partial charge in [0.15, 0.2) is 0 Å². The van der Waals surface area contributed by atoms with Crippen LogP contribution in [0.15, 0.2) is 24.4 Å². The zero-order valence-corrected chi connectivity index (χ0v) is 16.6. The normalized spacial score (nSPS) is 17.5. The summed E-state index contributed by atoms with van der Waals surface area (Å²) in [5.41, 5.74) is 2.73. The van der Waals surface area contributed by atoms with Crippen LogP contribution in [0.4, 0.5) is 5.82 Å². The van der Waals surface area contributed by atoms with E-state index in [4.69, 9.17) is 14.5 Å². The summed E-state index contributed by atoms with van der Waals surface area (Å²) in [5, 5.41) is 0. The maximum atomic E-state index is 12.4. The largest absolute Gasteiger partial charge is 0.489 e. The predicted octanol–water partition coefficient (Wildman–Crippen LogP) is 2.47. The van der Waals surface area contributed by atoms with Gasteiger partial charge in [0.1, 0.15) is 17.7 Å². The number of amides is 1. The first kappa shape index (κ1) is 18.5. The van der Waals surface area contributed by atoms with Crippen LogP contribution >= 0.6 is 0 Å². The Morgan fingerprint density at radius 1 is 1.18 bits per heavy atom. The molecule has 2 aliphatic rings. The molecule has 0 saturated carbocycles. The maximum Gasteiger partial charge on any atom is 0.255 e. The Hall–Kier alpha value is -2.83. The van der Waals surface area contributed by atoms with Crippen molar-refractivity contribution < 1.29 is 14.3 Å². The van der Waals surface area contributed by atoms with Crippen LogP contribution in [0, 0.1) is 6.92 Å². The van der Waals surface area contributed by atoms with E-state index in [1.54, 1.807) is 18.2 Å². The minimum absolute atomic E-state index is 0.0728. The molecule has 148 valence electrons. The summed E-state index contributed by atoms with van der Waals surface area (Å²) in [5.74, 6) is 2.43.